The Bertz CT molecular complexity index is 345. The number of ether oxygens (including phenoxy) is 1. The predicted molar refractivity (Wildman–Crippen MR) is 69.8 cm³/mol. The van der Waals surface area contributed by atoms with Gasteiger partial charge in [0.25, 0.3) is 0 Å². The first-order chi connectivity index (χ1) is 9.07. The number of carbonyl (C=O) groups excluding carboxylic acids is 1. The highest BCUT2D eigenvalue weighted by atomic mass is 16.5. The number of carbonyl (C=O) groups is 2. The molecule has 1 aliphatic carbocycles. The molecule has 5 heteroatoms. The van der Waals surface area contributed by atoms with Crippen LogP contribution in [0.4, 0.5) is 0 Å². The Kier molecular flexibility index (Phi) is 4.45. The summed E-state index contributed by atoms with van der Waals surface area (Å²) >= 11 is 0. The molecule has 1 unspecified atom stereocenters. The van der Waals surface area contributed by atoms with Gasteiger partial charge in [0, 0.05) is 26.1 Å². The van der Waals surface area contributed by atoms with Crippen molar-refractivity contribution in [3.05, 3.63) is 0 Å². The van der Waals surface area contributed by atoms with Gasteiger partial charge in [0.1, 0.15) is 0 Å². The van der Waals surface area contributed by atoms with Gasteiger partial charge >= 0.3 is 5.97 Å². The van der Waals surface area contributed by atoms with Gasteiger partial charge in [0.15, 0.2) is 0 Å². The fourth-order valence-corrected chi connectivity index (χ4v) is 2.91. The third-order valence-corrected chi connectivity index (χ3v) is 4.44. The van der Waals surface area contributed by atoms with Crippen molar-refractivity contribution < 1.29 is 19.4 Å². The Balaban J connectivity index is 1.90. The van der Waals surface area contributed by atoms with Crippen LogP contribution in [-0.4, -0.2) is 47.7 Å². The number of carboxylic acids is 1. The van der Waals surface area contributed by atoms with E-state index in [0.717, 1.165) is 25.9 Å². The summed E-state index contributed by atoms with van der Waals surface area (Å²) in [6.07, 6.45) is 4.49. The quantitative estimate of drug-likeness (QED) is 0.796. The lowest BCUT2D eigenvalue weighted by atomic mass is 9.66. The predicted octanol–water partition coefficient (Wildman–Crippen LogP) is 1.66. The van der Waals surface area contributed by atoms with E-state index in [0.29, 0.717) is 25.9 Å². The maximum Gasteiger partial charge on any atom is 0.310 e. The summed E-state index contributed by atoms with van der Waals surface area (Å²) < 4.78 is 5.54. The molecule has 0 aromatic carbocycles. The third-order valence-electron chi connectivity index (χ3n) is 4.44. The van der Waals surface area contributed by atoms with Gasteiger partial charge in [0.05, 0.1) is 11.5 Å². The topological polar surface area (TPSA) is 66.8 Å². The minimum absolute atomic E-state index is 0.0416. The van der Waals surface area contributed by atoms with E-state index in [4.69, 9.17) is 4.74 Å². The van der Waals surface area contributed by atoms with Gasteiger partial charge in [-0.25, -0.2) is 0 Å². The number of carboxylic acid groups (broad SMARTS) is 1. The van der Waals surface area contributed by atoms with Gasteiger partial charge in [-0.15, -0.1) is 0 Å². The summed E-state index contributed by atoms with van der Waals surface area (Å²) in [5, 5.41) is 9.28. The summed E-state index contributed by atoms with van der Waals surface area (Å²) in [6.45, 7) is 3.93. The number of hydrogen-bond donors (Lipinski definition) is 1. The monoisotopic (exact) mass is 269 g/mol. The molecular weight excluding hydrogens is 246 g/mol. The molecule has 0 aromatic rings. The molecule has 2 aliphatic rings. The maximum absolute atomic E-state index is 12.3. The molecule has 1 saturated carbocycles. The van der Waals surface area contributed by atoms with Crippen LogP contribution in [0.25, 0.3) is 0 Å². The van der Waals surface area contributed by atoms with Gasteiger partial charge in [-0.05, 0) is 32.6 Å². The first-order valence-corrected chi connectivity index (χ1v) is 7.20. The van der Waals surface area contributed by atoms with E-state index in [1.807, 2.05) is 6.92 Å². The number of rotatable bonds is 6. The highest BCUT2D eigenvalue weighted by Crippen LogP contribution is 2.44. The highest BCUT2D eigenvalue weighted by Gasteiger charge is 2.46. The third kappa shape index (κ3) is 3.08. The molecule has 1 N–H and O–H groups in total. The van der Waals surface area contributed by atoms with Crippen LogP contribution in [0, 0.1) is 5.41 Å². The van der Waals surface area contributed by atoms with Crippen molar-refractivity contribution in [1.29, 1.82) is 0 Å². The fraction of sp³-hybridized carbons (Fsp3) is 0.857. The summed E-state index contributed by atoms with van der Waals surface area (Å²) in [7, 11) is 0. The van der Waals surface area contributed by atoms with Crippen LogP contribution >= 0.6 is 0 Å². The summed E-state index contributed by atoms with van der Waals surface area (Å²) in [5.41, 5.74) is -0.791. The van der Waals surface area contributed by atoms with Crippen molar-refractivity contribution in [2.24, 2.45) is 5.41 Å². The van der Waals surface area contributed by atoms with E-state index in [9.17, 15) is 14.7 Å². The smallest absolute Gasteiger partial charge is 0.310 e. The summed E-state index contributed by atoms with van der Waals surface area (Å²) in [5.74, 6) is -0.861. The Morgan fingerprint density at radius 2 is 2.11 bits per heavy atom. The van der Waals surface area contributed by atoms with Crippen LogP contribution < -0.4 is 0 Å². The molecule has 0 radical (unpaired) electrons. The zero-order chi connectivity index (χ0) is 13.9. The molecule has 1 atom stereocenters. The molecular formula is C14H23NO4. The molecule has 0 spiro atoms. The zero-order valence-corrected chi connectivity index (χ0v) is 11.6. The first kappa shape index (κ1) is 14.3. The zero-order valence-electron chi connectivity index (χ0n) is 11.6. The van der Waals surface area contributed by atoms with Gasteiger partial charge < -0.3 is 14.7 Å². The van der Waals surface area contributed by atoms with Gasteiger partial charge in [-0.1, -0.05) is 6.42 Å². The van der Waals surface area contributed by atoms with E-state index < -0.39 is 11.4 Å². The lowest BCUT2D eigenvalue weighted by Gasteiger charge is -2.38. The van der Waals surface area contributed by atoms with Crippen LogP contribution in [0.1, 0.15) is 45.4 Å². The molecule has 2 fully saturated rings. The molecule has 0 aromatic heterocycles. The average Bonchev–Trinajstić information content (AvgIpc) is 2.82. The molecule has 1 aliphatic heterocycles. The molecule has 0 bridgehead atoms. The van der Waals surface area contributed by atoms with Crippen molar-refractivity contribution >= 4 is 11.9 Å². The van der Waals surface area contributed by atoms with Crippen molar-refractivity contribution in [2.45, 2.75) is 51.6 Å². The minimum Gasteiger partial charge on any atom is -0.481 e. The molecule has 5 nitrogen and oxygen atoms in total. The Morgan fingerprint density at radius 3 is 2.53 bits per heavy atom. The number of likely N-dealkylation sites (N-methyl/N-ethyl adjacent to an activating group) is 1. The number of aliphatic carboxylic acids is 1. The van der Waals surface area contributed by atoms with Crippen LogP contribution in [0.5, 0.6) is 0 Å². The van der Waals surface area contributed by atoms with Crippen molar-refractivity contribution in [3.8, 4) is 0 Å². The maximum atomic E-state index is 12.3. The van der Waals surface area contributed by atoms with Gasteiger partial charge in [-0.2, -0.15) is 0 Å². The van der Waals surface area contributed by atoms with Crippen molar-refractivity contribution in [3.63, 3.8) is 0 Å². The van der Waals surface area contributed by atoms with Crippen molar-refractivity contribution in [1.82, 2.24) is 4.90 Å². The lowest BCUT2D eigenvalue weighted by molar-refractivity contribution is -0.159. The highest BCUT2D eigenvalue weighted by molar-refractivity contribution is 5.85. The molecule has 19 heavy (non-hydrogen) atoms. The minimum atomic E-state index is -0.819. The van der Waals surface area contributed by atoms with E-state index >= 15 is 0 Å². The molecule has 108 valence electrons. The van der Waals surface area contributed by atoms with Crippen LogP contribution in [0.15, 0.2) is 0 Å². The molecule has 1 heterocycles. The molecule has 1 saturated heterocycles. The lowest BCUT2D eigenvalue weighted by Crippen LogP contribution is -2.45. The van der Waals surface area contributed by atoms with E-state index in [1.54, 1.807) is 4.90 Å². The first-order valence-electron chi connectivity index (χ1n) is 7.20. The average molecular weight is 269 g/mol. The Hall–Kier alpha value is -1.10. The second-order valence-corrected chi connectivity index (χ2v) is 5.68. The van der Waals surface area contributed by atoms with E-state index in [2.05, 4.69) is 0 Å². The normalized spacial score (nSPS) is 24.8. The Morgan fingerprint density at radius 1 is 1.37 bits per heavy atom. The largest absolute Gasteiger partial charge is 0.481 e. The SMILES string of the molecule is CCN(CC1CCCO1)C(=O)CC1(C(=O)O)CCC1. The number of nitrogens with zero attached hydrogens (tertiary/aromatic N) is 1. The fourth-order valence-electron chi connectivity index (χ4n) is 2.91. The standard InChI is InChI=1S/C14H23NO4/c1-2-15(10-11-5-3-8-19-11)12(16)9-14(13(17)18)6-4-7-14/h11H,2-10H2,1H3,(H,17,18). The number of hydrogen-bond acceptors (Lipinski definition) is 3. The second-order valence-electron chi connectivity index (χ2n) is 5.68. The van der Waals surface area contributed by atoms with Gasteiger partial charge in [0.2, 0.25) is 5.91 Å². The Labute approximate surface area is 113 Å². The van der Waals surface area contributed by atoms with E-state index in [-0.39, 0.29) is 18.4 Å². The van der Waals surface area contributed by atoms with Crippen LogP contribution in [-0.2, 0) is 14.3 Å². The van der Waals surface area contributed by atoms with Crippen LogP contribution in [0.2, 0.25) is 0 Å². The number of amides is 1. The van der Waals surface area contributed by atoms with E-state index in [1.165, 1.54) is 0 Å². The van der Waals surface area contributed by atoms with Gasteiger partial charge in [-0.3, -0.25) is 9.59 Å². The molecule has 1 amide bonds. The summed E-state index contributed by atoms with van der Waals surface area (Å²) in [4.78, 5) is 25.3. The molecule has 2 rings (SSSR count). The second kappa shape index (κ2) is 5.90. The van der Waals surface area contributed by atoms with Crippen LogP contribution in [0.3, 0.4) is 0 Å². The van der Waals surface area contributed by atoms with Crippen molar-refractivity contribution in [2.75, 3.05) is 19.7 Å². The summed E-state index contributed by atoms with van der Waals surface area (Å²) in [6, 6.07) is 0.